The fourth-order valence-electron chi connectivity index (χ4n) is 2.03. The average molecular weight is 256 g/mol. The Hall–Kier alpha value is -1.22. The van der Waals surface area contributed by atoms with Crippen LogP contribution in [-0.2, 0) is 4.79 Å². The number of carboxylic acid groups (broad SMARTS) is 1. The van der Waals surface area contributed by atoms with Crippen molar-refractivity contribution in [3.63, 3.8) is 0 Å². The lowest BCUT2D eigenvalue weighted by Gasteiger charge is -2.30. The summed E-state index contributed by atoms with van der Waals surface area (Å²) in [7, 11) is 0. The van der Waals surface area contributed by atoms with Crippen molar-refractivity contribution in [3.05, 3.63) is 28.8 Å². The molecule has 1 N–H and O–H groups in total. The van der Waals surface area contributed by atoms with E-state index in [1.807, 2.05) is 37.8 Å². The largest absolute Gasteiger partial charge is 0.480 e. The molecular weight excluding hydrogens is 238 g/mol. The van der Waals surface area contributed by atoms with Gasteiger partial charge in [0.15, 0.2) is 0 Å². The molecule has 1 aromatic carbocycles. The third-order valence-electron chi connectivity index (χ3n) is 2.86. The van der Waals surface area contributed by atoms with Gasteiger partial charge >= 0.3 is 5.97 Å². The van der Waals surface area contributed by atoms with Crippen LogP contribution in [0.15, 0.2) is 18.2 Å². The van der Waals surface area contributed by atoms with Crippen molar-refractivity contribution in [1.82, 2.24) is 0 Å². The van der Waals surface area contributed by atoms with Gasteiger partial charge in [-0.2, -0.15) is 0 Å². The number of nitrogens with zero attached hydrogens (tertiary/aromatic N) is 1. The van der Waals surface area contributed by atoms with Crippen LogP contribution in [0.1, 0.15) is 25.8 Å². The lowest BCUT2D eigenvalue weighted by Crippen LogP contribution is -2.41. The van der Waals surface area contributed by atoms with Crippen LogP contribution in [0.5, 0.6) is 0 Å². The summed E-state index contributed by atoms with van der Waals surface area (Å²) >= 11 is 5.91. The highest BCUT2D eigenvalue weighted by molar-refractivity contribution is 6.30. The summed E-state index contributed by atoms with van der Waals surface area (Å²) in [5, 5.41) is 9.89. The van der Waals surface area contributed by atoms with E-state index in [9.17, 15) is 9.90 Å². The van der Waals surface area contributed by atoms with Crippen molar-refractivity contribution >= 4 is 23.3 Å². The fraction of sp³-hybridized carbons (Fsp3) is 0.462. The van der Waals surface area contributed by atoms with Gasteiger partial charge in [-0.1, -0.05) is 18.5 Å². The molecule has 3 nitrogen and oxygen atoms in total. The predicted octanol–water partition coefficient (Wildman–Crippen LogP) is 3.34. The monoisotopic (exact) mass is 255 g/mol. The Labute approximate surface area is 107 Å². The predicted molar refractivity (Wildman–Crippen MR) is 70.9 cm³/mol. The third-order valence-corrected chi connectivity index (χ3v) is 3.09. The van der Waals surface area contributed by atoms with Gasteiger partial charge in [0.2, 0.25) is 0 Å². The summed E-state index contributed by atoms with van der Waals surface area (Å²) in [6, 6.07) is 5.04. The van der Waals surface area contributed by atoms with Crippen molar-refractivity contribution in [1.29, 1.82) is 0 Å². The Bertz CT molecular complexity index is 406. The molecule has 0 aliphatic carbocycles. The van der Waals surface area contributed by atoms with Crippen LogP contribution in [0, 0.1) is 6.92 Å². The van der Waals surface area contributed by atoms with E-state index in [1.54, 1.807) is 6.07 Å². The van der Waals surface area contributed by atoms with Crippen molar-refractivity contribution in [3.8, 4) is 0 Å². The van der Waals surface area contributed by atoms with Crippen LogP contribution in [0.3, 0.4) is 0 Å². The number of likely N-dealkylation sites (N-methyl/N-ethyl adjacent to an activating group) is 1. The molecule has 1 unspecified atom stereocenters. The first-order chi connectivity index (χ1) is 8.01. The molecule has 0 saturated heterocycles. The highest BCUT2D eigenvalue weighted by Gasteiger charge is 2.23. The molecule has 0 spiro atoms. The Morgan fingerprint density at radius 1 is 1.47 bits per heavy atom. The van der Waals surface area contributed by atoms with E-state index >= 15 is 0 Å². The van der Waals surface area contributed by atoms with Gasteiger partial charge in [0, 0.05) is 17.3 Å². The lowest BCUT2D eigenvalue weighted by molar-refractivity contribution is -0.138. The van der Waals surface area contributed by atoms with E-state index in [4.69, 9.17) is 11.6 Å². The minimum atomic E-state index is -0.788. The molecule has 1 rings (SSSR count). The molecule has 0 saturated carbocycles. The van der Waals surface area contributed by atoms with E-state index in [0.717, 1.165) is 11.3 Å². The molecular formula is C13H18ClNO2. The van der Waals surface area contributed by atoms with Gasteiger partial charge < -0.3 is 10.0 Å². The van der Waals surface area contributed by atoms with Crippen LogP contribution in [0.25, 0.3) is 0 Å². The molecule has 17 heavy (non-hydrogen) atoms. The van der Waals surface area contributed by atoms with E-state index in [0.29, 0.717) is 18.0 Å². The lowest BCUT2D eigenvalue weighted by atomic mass is 10.1. The van der Waals surface area contributed by atoms with E-state index in [2.05, 4.69) is 0 Å². The first kappa shape index (κ1) is 13.8. The number of halogens is 1. The number of aryl methyl sites for hydroxylation is 1. The van der Waals surface area contributed by atoms with Gasteiger partial charge in [-0.25, -0.2) is 4.79 Å². The topological polar surface area (TPSA) is 40.5 Å². The number of carboxylic acids is 1. The van der Waals surface area contributed by atoms with Crippen molar-refractivity contribution in [2.24, 2.45) is 0 Å². The molecule has 1 aromatic rings. The van der Waals surface area contributed by atoms with E-state index in [-0.39, 0.29) is 0 Å². The molecule has 0 radical (unpaired) electrons. The maximum Gasteiger partial charge on any atom is 0.326 e. The number of benzene rings is 1. The standard InChI is InChI=1S/C13H18ClNO2/c1-4-11(13(16)17)15(5-2)12-7-6-10(14)8-9(12)3/h6-8,11H,4-5H2,1-3H3,(H,16,17). The molecule has 0 aliphatic heterocycles. The summed E-state index contributed by atoms with van der Waals surface area (Å²) in [6.07, 6.45) is 0.575. The maximum atomic E-state index is 11.2. The summed E-state index contributed by atoms with van der Waals surface area (Å²) in [4.78, 5) is 13.1. The van der Waals surface area contributed by atoms with Gasteiger partial charge in [0.05, 0.1) is 0 Å². The first-order valence-electron chi connectivity index (χ1n) is 5.76. The van der Waals surface area contributed by atoms with Crippen LogP contribution in [-0.4, -0.2) is 23.7 Å². The number of carbonyl (C=O) groups is 1. The average Bonchev–Trinajstić information content (AvgIpc) is 2.26. The zero-order chi connectivity index (χ0) is 13.0. The second kappa shape index (κ2) is 5.92. The van der Waals surface area contributed by atoms with E-state index in [1.165, 1.54) is 0 Å². The molecule has 0 amide bonds. The van der Waals surface area contributed by atoms with Crippen LogP contribution < -0.4 is 4.90 Å². The molecule has 4 heteroatoms. The minimum absolute atomic E-state index is 0.486. The molecule has 0 aliphatic rings. The first-order valence-corrected chi connectivity index (χ1v) is 6.14. The SMILES string of the molecule is CCC(C(=O)O)N(CC)c1ccc(Cl)cc1C. The molecule has 0 fully saturated rings. The Kier molecular flexibility index (Phi) is 4.82. The molecule has 94 valence electrons. The van der Waals surface area contributed by atoms with Crippen molar-refractivity contribution in [2.45, 2.75) is 33.2 Å². The zero-order valence-corrected chi connectivity index (χ0v) is 11.2. The fourth-order valence-corrected chi connectivity index (χ4v) is 2.25. The highest BCUT2D eigenvalue weighted by Crippen LogP contribution is 2.26. The molecule has 1 atom stereocenters. The second-order valence-corrected chi connectivity index (χ2v) is 4.42. The number of aliphatic carboxylic acids is 1. The second-order valence-electron chi connectivity index (χ2n) is 3.98. The Morgan fingerprint density at radius 3 is 2.53 bits per heavy atom. The van der Waals surface area contributed by atoms with Gasteiger partial charge in [-0.3, -0.25) is 0 Å². The van der Waals surface area contributed by atoms with Gasteiger partial charge in [-0.15, -0.1) is 0 Å². The molecule has 0 bridgehead atoms. The summed E-state index contributed by atoms with van der Waals surface area (Å²) < 4.78 is 0. The molecule has 0 aromatic heterocycles. The van der Waals surface area contributed by atoms with Crippen LogP contribution in [0.4, 0.5) is 5.69 Å². The van der Waals surface area contributed by atoms with Gasteiger partial charge in [0.1, 0.15) is 6.04 Å². The van der Waals surface area contributed by atoms with Crippen LogP contribution >= 0.6 is 11.6 Å². The van der Waals surface area contributed by atoms with Crippen LogP contribution in [0.2, 0.25) is 5.02 Å². The summed E-state index contributed by atoms with van der Waals surface area (Å²) in [6.45, 7) is 6.44. The van der Waals surface area contributed by atoms with Crippen molar-refractivity contribution in [2.75, 3.05) is 11.4 Å². The van der Waals surface area contributed by atoms with Gasteiger partial charge in [0.25, 0.3) is 0 Å². The number of rotatable bonds is 5. The maximum absolute atomic E-state index is 11.2. The summed E-state index contributed by atoms with van der Waals surface area (Å²) in [5.41, 5.74) is 1.94. The zero-order valence-electron chi connectivity index (χ0n) is 10.4. The quantitative estimate of drug-likeness (QED) is 0.877. The highest BCUT2D eigenvalue weighted by atomic mass is 35.5. The Balaban J connectivity index is 3.12. The smallest absolute Gasteiger partial charge is 0.326 e. The number of hydrogen-bond donors (Lipinski definition) is 1. The minimum Gasteiger partial charge on any atom is -0.480 e. The molecule has 0 heterocycles. The number of anilines is 1. The Morgan fingerprint density at radius 2 is 2.12 bits per heavy atom. The van der Waals surface area contributed by atoms with Gasteiger partial charge in [-0.05, 0) is 44.0 Å². The van der Waals surface area contributed by atoms with E-state index < -0.39 is 12.0 Å². The number of hydrogen-bond acceptors (Lipinski definition) is 2. The normalized spacial score (nSPS) is 12.2. The van der Waals surface area contributed by atoms with Crippen molar-refractivity contribution < 1.29 is 9.90 Å². The third kappa shape index (κ3) is 3.13. The summed E-state index contributed by atoms with van der Waals surface area (Å²) in [5.74, 6) is -0.788.